The van der Waals surface area contributed by atoms with Crippen LogP contribution in [-0.4, -0.2) is 13.1 Å². The number of benzene rings is 1. The second-order valence-electron chi connectivity index (χ2n) is 3.46. The molecular weight excluding hydrogens is 201 g/mol. The van der Waals surface area contributed by atoms with Crippen LogP contribution in [0.15, 0.2) is 18.2 Å². The quantitative estimate of drug-likeness (QED) is 0.814. The van der Waals surface area contributed by atoms with Crippen LogP contribution in [0.4, 0.5) is 4.39 Å². The van der Waals surface area contributed by atoms with Crippen LogP contribution in [-0.2, 0) is 6.42 Å². The van der Waals surface area contributed by atoms with Gasteiger partial charge in [-0.3, -0.25) is 0 Å². The summed E-state index contributed by atoms with van der Waals surface area (Å²) in [6.07, 6.45) is 1.88. The molecule has 0 aliphatic carbocycles. The monoisotopic (exact) mass is 215 g/mol. The summed E-state index contributed by atoms with van der Waals surface area (Å²) in [6.45, 7) is 2.11. The summed E-state index contributed by atoms with van der Waals surface area (Å²) in [6, 6.07) is 5.02. The van der Waals surface area contributed by atoms with E-state index in [1.807, 2.05) is 7.05 Å². The van der Waals surface area contributed by atoms with E-state index in [4.69, 9.17) is 11.6 Å². The van der Waals surface area contributed by atoms with Crippen LogP contribution in [0.25, 0.3) is 0 Å². The summed E-state index contributed by atoms with van der Waals surface area (Å²) < 4.78 is 12.7. The van der Waals surface area contributed by atoms with Gasteiger partial charge in [-0.2, -0.15) is 0 Å². The van der Waals surface area contributed by atoms with Crippen molar-refractivity contribution in [2.75, 3.05) is 7.05 Å². The molecule has 0 saturated carbocycles. The molecule has 1 aromatic rings. The van der Waals surface area contributed by atoms with E-state index in [0.717, 1.165) is 18.4 Å². The molecule has 0 heterocycles. The van der Waals surface area contributed by atoms with Gasteiger partial charge in [-0.25, -0.2) is 4.39 Å². The summed E-state index contributed by atoms with van der Waals surface area (Å²) in [5.74, 6) is -0.277. The Morgan fingerprint density at radius 2 is 2.21 bits per heavy atom. The normalized spacial score (nSPS) is 12.9. The summed E-state index contributed by atoms with van der Waals surface area (Å²) in [5, 5.41) is 3.67. The molecule has 1 nitrogen and oxygen atoms in total. The molecule has 1 rings (SSSR count). The average molecular weight is 216 g/mol. The van der Waals surface area contributed by atoms with Gasteiger partial charge in [-0.15, -0.1) is 0 Å². The van der Waals surface area contributed by atoms with Gasteiger partial charge in [0.05, 0.1) is 0 Å². The highest BCUT2D eigenvalue weighted by molar-refractivity contribution is 6.31. The van der Waals surface area contributed by atoms with E-state index in [1.165, 1.54) is 12.1 Å². The highest BCUT2D eigenvalue weighted by atomic mass is 35.5. The molecule has 1 aromatic carbocycles. The Morgan fingerprint density at radius 1 is 1.50 bits per heavy atom. The minimum Gasteiger partial charge on any atom is -0.317 e. The van der Waals surface area contributed by atoms with Gasteiger partial charge in [0.2, 0.25) is 0 Å². The first-order valence-corrected chi connectivity index (χ1v) is 5.12. The Morgan fingerprint density at radius 3 is 2.79 bits per heavy atom. The van der Waals surface area contributed by atoms with Gasteiger partial charge in [-0.05, 0) is 44.5 Å². The van der Waals surface area contributed by atoms with Crippen LogP contribution in [0.1, 0.15) is 18.9 Å². The topological polar surface area (TPSA) is 12.0 Å². The predicted molar refractivity (Wildman–Crippen MR) is 58.3 cm³/mol. The van der Waals surface area contributed by atoms with E-state index in [9.17, 15) is 4.39 Å². The smallest absolute Gasteiger partial charge is 0.124 e. The van der Waals surface area contributed by atoms with Gasteiger partial charge in [-0.1, -0.05) is 17.7 Å². The zero-order chi connectivity index (χ0) is 10.6. The van der Waals surface area contributed by atoms with Crippen molar-refractivity contribution in [3.63, 3.8) is 0 Å². The van der Waals surface area contributed by atoms with Crippen LogP contribution in [0, 0.1) is 5.82 Å². The number of halogens is 2. The zero-order valence-electron chi connectivity index (χ0n) is 8.48. The minimum absolute atomic E-state index is 0.277. The van der Waals surface area contributed by atoms with Crippen LogP contribution >= 0.6 is 11.6 Å². The fourth-order valence-electron chi connectivity index (χ4n) is 1.24. The maximum atomic E-state index is 12.7. The number of nitrogens with one attached hydrogen (secondary N) is 1. The van der Waals surface area contributed by atoms with Gasteiger partial charge in [0.25, 0.3) is 0 Å². The molecule has 78 valence electrons. The third kappa shape index (κ3) is 3.28. The molecule has 0 spiro atoms. The van der Waals surface area contributed by atoms with E-state index in [-0.39, 0.29) is 5.82 Å². The van der Waals surface area contributed by atoms with Crippen LogP contribution in [0.5, 0.6) is 0 Å². The maximum absolute atomic E-state index is 12.7. The van der Waals surface area contributed by atoms with Crippen molar-refractivity contribution in [3.05, 3.63) is 34.6 Å². The summed E-state index contributed by atoms with van der Waals surface area (Å²) >= 11 is 5.90. The van der Waals surface area contributed by atoms with Crippen molar-refractivity contribution in [1.82, 2.24) is 5.32 Å². The molecule has 0 bridgehead atoms. The predicted octanol–water partition coefficient (Wildman–Crippen LogP) is 3.02. The fourth-order valence-corrected chi connectivity index (χ4v) is 1.50. The Kier molecular flexibility index (Phi) is 4.36. The van der Waals surface area contributed by atoms with E-state index >= 15 is 0 Å². The van der Waals surface area contributed by atoms with Crippen molar-refractivity contribution in [2.24, 2.45) is 0 Å². The molecule has 0 fully saturated rings. The largest absolute Gasteiger partial charge is 0.317 e. The number of hydrogen-bond donors (Lipinski definition) is 1. The lowest BCUT2D eigenvalue weighted by molar-refractivity contribution is 0.564. The minimum atomic E-state index is -0.277. The Hall–Kier alpha value is -0.600. The maximum Gasteiger partial charge on any atom is 0.124 e. The first-order valence-electron chi connectivity index (χ1n) is 4.74. The van der Waals surface area contributed by atoms with Crippen molar-refractivity contribution >= 4 is 11.6 Å². The lowest BCUT2D eigenvalue weighted by Gasteiger charge is -2.10. The molecule has 0 amide bonds. The molecule has 0 aliphatic rings. The SMILES string of the molecule is CNC(C)CCc1ccc(F)cc1Cl. The lowest BCUT2D eigenvalue weighted by atomic mass is 10.1. The zero-order valence-corrected chi connectivity index (χ0v) is 9.24. The molecule has 0 saturated heterocycles. The van der Waals surface area contributed by atoms with Crippen LogP contribution < -0.4 is 5.32 Å². The Balaban J connectivity index is 2.59. The first-order chi connectivity index (χ1) is 6.63. The van der Waals surface area contributed by atoms with E-state index < -0.39 is 0 Å². The molecule has 1 unspecified atom stereocenters. The van der Waals surface area contributed by atoms with Crippen LogP contribution in [0.2, 0.25) is 5.02 Å². The van der Waals surface area contributed by atoms with Gasteiger partial charge in [0, 0.05) is 11.1 Å². The van der Waals surface area contributed by atoms with Gasteiger partial charge >= 0.3 is 0 Å². The Bertz CT molecular complexity index is 301. The molecule has 1 atom stereocenters. The summed E-state index contributed by atoms with van der Waals surface area (Å²) in [5.41, 5.74) is 1.01. The van der Waals surface area contributed by atoms with E-state index in [1.54, 1.807) is 6.07 Å². The van der Waals surface area contributed by atoms with Crippen molar-refractivity contribution < 1.29 is 4.39 Å². The molecule has 1 N–H and O–H groups in total. The fraction of sp³-hybridized carbons (Fsp3) is 0.455. The number of aryl methyl sites for hydroxylation is 1. The first kappa shape index (κ1) is 11.5. The van der Waals surface area contributed by atoms with Crippen molar-refractivity contribution in [1.29, 1.82) is 0 Å². The Labute approximate surface area is 89.3 Å². The van der Waals surface area contributed by atoms with Gasteiger partial charge < -0.3 is 5.32 Å². The average Bonchev–Trinajstić information content (AvgIpc) is 2.16. The second kappa shape index (κ2) is 5.32. The van der Waals surface area contributed by atoms with Crippen LogP contribution in [0.3, 0.4) is 0 Å². The molecule has 3 heteroatoms. The molecule has 14 heavy (non-hydrogen) atoms. The highest BCUT2D eigenvalue weighted by Gasteiger charge is 2.04. The molecule has 0 aromatic heterocycles. The molecule has 0 aliphatic heterocycles. The summed E-state index contributed by atoms with van der Waals surface area (Å²) in [4.78, 5) is 0. The molecular formula is C11H15ClFN. The molecule has 0 radical (unpaired) electrons. The van der Waals surface area contributed by atoms with Crippen molar-refractivity contribution in [3.8, 4) is 0 Å². The summed E-state index contributed by atoms with van der Waals surface area (Å²) in [7, 11) is 1.93. The highest BCUT2D eigenvalue weighted by Crippen LogP contribution is 2.19. The van der Waals surface area contributed by atoms with E-state index in [2.05, 4.69) is 12.2 Å². The van der Waals surface area contributed by atoms with Gasteiger partial charge in [0.15, 0.2) is 0 Å². The van der Waals surface area contributed by atoms with Gasteiger partial charge in [0.1, 0.15) is 5.82 Å². The third-order valence-electron chi connectivity index (χ3n) is 2.35. The van der Waals surface area contributed by atoms with E-state index in [0.29, 0.717) is 11.1 Å². The second-order valence-corrected chi connectivity index (χ2v) is 3.87. The number of hydrogen-bond acceptors (Lipinski definition) is 1. The number of rotatable bonds is 4. The van der Waals surface area contributed by atoms with Crippen molar-refractivity contribution in [2.45, 2.75) is 25.8 Å². The lowest BCUT2D eigenvalue weighted by Crippen LogP contribution is -2.21. The standard InChI is InChI=1S/C11H15ClFN/c1-8(14-2)3-4-9-5-6-10(13)7-11(9)12/h5-8,14H,3-4H2,1-2H3. The third-order valence-corrected chi connectivity index (χ3v) is 2.71.